The molecule has 0 aliphatic heterocycles. The summed E-state index contributed by atoms with van der Waals surface area (Å²) in [4.78, 5) is 64.7. The molecule has 0 atom stereocenters. The number of carbonyl (C=O) groups excluding carboxylic acids is 4. The Hall–Kier alpha value is -6.76. The SMILES string of the molecule is C#CCCNC(=O)CN(C(=O)c1c(F)c(F)c(N=[N+]=[N-])c(F)c1F)S(=O)(=O)CCNCCCCC(=O)N(C)Cc1ccc(C(=O)c2cc(O)c(O)c([N+](=O)[O-])c2)cc1. The number of nitro benzene ring substituents is 1. The number of nitrogens with one attached hydrogen (secondary N) is 2. The number of aromatic hydroxyl groups is 2. The first-order valence-electron chi connectivity index (χ1n) is 16.8. The molecule has 23 heteroatoms. The van der Waals surface area contributed by atoms with Crippen LogP contribution in [0.15, 0.2) is 41.5 Å². The average Bonchev–Trinajstić information content (AvgIpc) is 3.18. The van der Waals surface area contributed by atoms with Crippen molar-refractivity contribution in [3.8, 4) is 23.8 Å². The van der Waals surface area contributed by atoms with Gasteiger partial charge in [-0.1, -0.05) is 29.4 Å². The number of nitro groups is 1. The highest BCUT2D eigenvalue weighted by Crippen LogP contribution is 2.37. The van der Waals surface area contributed by atoms with Crippen LogP contribution in [-0.4, -0.2) is 95.2 Å². The van der Waals surface area contributed by atoms with Gasteiger partial charge in [-0.05, 0) is 36.5 Å². The van der Waals surface area contributed by atoms with E-state index in [1.165, 1.54) is 24.1 Å². The number of hydrogen-bond acceptors (Lipinski definition) is 12. The molecule has 0 aromatic heterocycles. The Balaban J connectivity index is 1.55. The lowest BCUT2D eigenvalue weighted by molar-refractivity contribution is -0.386. The van der Waals surface area contributed by atoms with Crippen molar-refractivity contribution in [2.24, 2.45) is 5.11 Å². The molecule has 0 saturated heterocycles. The number of nitrogens with zero attached hydrogens (tertiary/aromatic N) is 6. The molecular formula is C35H34F4N8O10S. The number of azide groups is 1. The van der Waals surface area contributed by atoms with Crippen LogP contribution < -0.4 is 10.6 Å². The van der Waals surface area contributed by atoms with E-state index in [1.54, 1.807) is 12.1 Å². The summed E-state index contributed by atoms with van der Waals surface area (Å²) < 4.78 is 84.5. The highest BCUT2D eigenvalue weighted by atomic mass is 32.2. The Morgan fingerprint density at radius 3 is 2.21 bits per heavy atom. The summed E-state index contributed by atoms with van der Waals surface area (Å²) in [6.07, 6.45) is 5.82. The van der Waals surface area contributed by atoms with Gasteiger partial charge < -0.3 is 25.7 Å². The zero-order valence-electron chi connectivity index (χ0n) is 30.4. The van der Waals surface area contributed by atoms with Crippen LogP contribution in [0.1, 0.15) is 57.5 Å². The van der Waals surface area contributed by atoms with Crippen molar-refractivity contribution in [1.29, 1.82) is 0 Å². The van der Waals surface area contributed by atoms with E-state index in [9.17, 15) is 65.5 Å². The number of sulfonamides is 1. The lowest BCUT2D eigenvalue weighted by Crippen LogP contribution is -2.47. The number of unbranched alkanes of at least 4 members (excludes halogenated alkanes) is 1. The number of phenolic OH excluding ortho intramolecular Hbond substituents is 2. The second kappa shape index (κ2) is 20.4. The maximum Gasteiger partial charge on any atom is 0.315 e. The Kier molecular flexibility index (Phi) is 16.1. The summed E-state index contributed by atoms with van der Waals surface area (Å²) in [6.45, 7) is -1.62. The van der Waals surface area contributed by atoms with E-state index in [2.05, 4.69) is 21.7 Å². The lowest BCUT2D eigenvalue weighted by Gasteiger charge is -2.23. The molecule has 0 aliphatic carbocycles. The van der Waals surface area contributed by atoms with Crippen molar-refractivity contribution < 1.29 is 60.3 Å². The monoisotopic (exact) mass is 834 g/mol. The molecule has 3 aromatic rings. The van der Waals surface area contributed by atoms with Gasteiger partial charge in [-0.25, -0.2) is 30.3 Å². The molecule has 3 aromatic carbocycles. The van der Waals surface area contributed by atoms with Crippen LogP contribution in [0.2, 0.25) is 0 Å². The van der Waals surface area contributed by atoms with Crippen molar-refractivity contribution in [1.82, 2.24) is 19.8 Å². The zero-order valence-corrected chi connectivity index (χ0v) is 31.2. The molecule has 0 radical (unpaired) electrons. The number of hydrogen-bond donors (Lipinski definition) is 4. The lowest BCUT2D eigenvalue weighted by atomic mass is 10.0. The van der Waals surface area contributed by atoms with Gasteiger partial charge in [-0.15, -0.1) is 12.3 Å². The minimum atomic E-state index is -4.92. The zero-order chi connectivity index (χ0) is 43.3. The topological polar surface area (TPSA) is 265 Å². The number of rotatable bonds is 20. The summed E-state index contributed by atoms with van der Waals surface area (Å²) in [5, 5.41) is 38.0. The van der Waals surface area contributed by atoms with Crippen molar-refractivity contribution in [2.75, 3.05) is 39.0 Å². The summed E-state index contributed by atoms with van der Waals surface area (Å²) in [6, 6.07) is 7.67. The van der Waals surface area contributed by atoms with Crippen LogP contribution in [0.25, 0.3) is 10.4 Å². The Morgan fingerprint density at radius 2 is 1.62 bits per heavy atom. The average molecular weight is 835 g/mol. The fraction of sp³-hybridized carbons (Fsp3) is 0.314. The smallest absolute Gasteiger partial charge is 0.315 e. The van der Waals surface area contributed by atoms with E-state index >= 15 is 0 Å². The van der Waals surface area contributed by atoms with Crippen molar-refractivity contribution in [3.63, 3.8) is 0 Å². The minimum absolute atomic E-state index is 0.00792. The van der Waals surface area contributed by atoms with E-state index in [4.69, 9.17) is 12.0 Å². The van der Waals surface area contributed by atoms with Crippen molar-refractivity contribution in [2.45, 2.75) is 32.2 Å². The van der Waals surface area contributed by atoms with Crippen molar-refractivity contribution in [3.05, 3.63) is 102 Å². The first-order valence-corrected chi connectivity index (χ1v) is 18.4. The number of phenols is 2. The summed E-state index contributed by atoms with van der Waals surface area (Å²) in [7, 11) is -3.39. The molecule has 0 heterocycles. The van der Waals surface area contributed by atoms with Crippen LogP contribution in [0.5, 0.6) is 11.5 Å². The Morgan fingerprint density at radius 1 is 0.983 bits per heavy atom. The van der Waals surface area contributed by atoms with Crippen molar-refractivity contribution >= 4 is 44.9 Å². The van der Waals surface area contributed by atoms with Gasteiger partial charge in [0.1, 0.15) is 17.8 Å². The summed E-state index contributed by atoms with van der Waals surface area (Å²) in [5.41, 5.74) is 4.36. The van der Waals surface area contributed by atoms with Gasteiger partial charge in [-0.2, -0.15) is 0 Å². The quantitative estimate of drug-likeness (QED) is 0.0108. The fourth-order valence-corrected chi connectivity index (χ4v) is 6.42. The van der Waals surface area contributed by atoms with E-state index in [-0.39, 0.29) is 60.4 Å². The van der Waals surface area contributed by atoms with Crippen LogP contribution in [0.4, 0.5) is 28.9 Å². The number of terminal acetylenes is 1. The molecule has 58 heavy (non-hydrogen) atoms. The molecule has 0 bridgehead atoms. The molecule has 4 N–H and O–H groups in total. The molecule has 0 spiro atoms. The molecule has 0 fully saturated rings. The number of carbonyl (C=O) groups is 4. The largest absolute Gasteiger partial charge is 0.504 e. The highest BCUT2D eigenvalue weighted by molar-refractivity contribution is 7.89. The molecule has 3 rings (SSSR count). The Labute approximate surface area is 327 Å². The Bertz CT molecular complexity index is 2270. The van der Waals surface area contributed by atoms with Crippen LogP contribution in [-0.2, 0) is 26.2 Å². The van der Waals surface area contributed by atoms with Crippen LogP contribution in [0.3, 0.4) is 0 Å². The van der Waals surface area contributed by atoms with E-state index in [1.807, 2.05) is 4.91 Å². The molecule has 0 aliphatic rings. The highest BCUT2D eigenvalue weighted by Gasteiger charge is 2.37. The molecule has 0 saturated carbocycles. The maximum atomic E-state index is 14.8. The third-order valence-corrected chi connectivity index (χ3v) is 9.85. The van der Waals surface area contributed by atoms with E-state index in [0.29, 0.717) is 18.4 Å². The second-order valence-electron chi connectivity index (χ2n) is 12.2. The third kappa shape index (κ3) is 11.4. The van der Waals surface area contributed by atoms with E-state index < -0.39 is 96.5 Å². The number of amides is 3. The summed E-state index contributed by atoms with van der Waals surface area (Å²) >= 11 is 0. The number of ketones is 1. The molecule has 18 nitrogen and oxygen atoms in total. The molecule has 0 unspecified atom stereocenters. The predicted octanol–water partition coefficient (Wildman–Crippen LogP) is 4.07. The normalized spacial score (nSPS) is 10.9. The summed E-state index contributed by atoms with van der Waals surface area (Å²) in [5.74, 6) is -14.1. The van der Waals surface area contributed by atoms with Gasteiger partial charge in [0, 0.05) is 61.6 Å². The first kappa shape index (κ1) is 45.6. The minimum Gasteiger partial charge on any atom is -0.504 e. The van der Waals surface area contributed by atoms with E-state index in [0.717, 1.165) is 12.1 Å². The van der Waals surface area contributed by atoms with Crippen LogP contribution >= 0.6 is 0 Å². The maximum absolute atomic E-state index is 14.8. The van der Waals surface area contributed by atoms with Gasteiger partial charge in [0.05, 0.1) is 10.7 Å². The first-order chi connectivity index (χ1) is 27.4. The molecular weight excluding hydrogens is 800 g/mol. The number of halogens is 4. The molecule has 308 valence electrons. The van der Waals surface area contributed by atoms with Gasteiger partial charge in [-0.3, -0.25) is 29.3 Å². The van der Waals surface area contributed by atoms with Gasteiger partial charge in [0.15, 0.2) is 34.8 Å². The van der Waals surface area contributed by atoms with Gasteiger partial charge >= 0.3 is 5.69 Å². The standard InChI is InChI=1S/C35H34F4N8O10S/c1-3-4-13-42-25(49)19-46(35(53)27-28(36)30(38)32(43-44-40)31(39)29(27)37)58(56,57)15-14-41-12-6-5-7-26(50)45(2)18-20-8-10-21(11-9-20)33(51)22-16-23(47(54)55)34(52)24(48)17-22/h1,8-11,16-17,41,48,52H,4-7,12-15,18-19H2,2H3,(H,42,49). The van der Waals surface area contributed by atoms with Gasteiger partial charge in [0.25, 0.3) is 5.91 Å². The molecule has 3 amide bonds. The van der Waals surface area contributed by atoms with Gasteiger partial charge in [0.2, 0.25) is 27.6 Å². The van der Waals surface area contributed by atoms with Crippen LogP contribution in [0, 0.1) is 45.7 Å². The number of benzene rings is 3. The fourth-order valence-electron chi connectivity index (χ4n) is 5.14. The predicted molar refractivity (Wildman–Crippen MR) is 196 cm³/mol. The third-order valence-electron chi connectivity index (χ3n) is 8.16. The second-order valence-corrected chi connectivity index (χ2v) is 14.2.